The Hall–Kier alpha value is -1.43. The van der Waals surface area contributed by atoms with Crippen molar-refractivity contribution in [1.29, 1.82) is 0 Å². The molecule has 76 valence electrons. The smallest absolute Gasteiger partial charge is 0.314 e. The first-order valence-electron chi connectivity index (χ1n) is 4.59. The third-order valence-electron chi connectivity index (χ3n) is 2.52. The summed E-state index contributed by atoms with van der Waals surface area (Å²) < 4.78 is 1.82. The van der Waals surface area contributed by atoms with Crippen LogP contribution in [0, 0.1) is 0 Å². The first-order chi connectivity index (χ1) is 6.74. The van der Waals surface area contributed by atoms with E-state index >= 15 is 0 Å². The van der Waals surface area contributed by atoms with Gasteiger partial charge >= 0.3 is 5.97 Å². The van der Waals surface area contributed by atoms with Crippen molar-refractivity contribution in [1.82, 2.24) is 14.8 Å². The second-order valence-corrected chi connectivity index (χ2v) is 3.36. The molecule has 0 saturated heterocycles. The van der Waals surface area contributed by atoms with Crippen LogP contribution in [0.15, 0.2) is 0 Å². The van der Waals surface area contributed by atoms with Gasteiger partial charge in [0.05, 0.1) is 6.54 Å². The van der Waals surface area contributed by atoms with Gasteiger partial charge in [-0.1, -0.05) is 0 Å². The highest BCUT2D eigenvalue weighted by molar-refractivity contribution is 5.75. The van der Waals surface area contributed by atoms with Gasteiger partial charge in [-0.3, -0.25) is 4.79 Å². The fourth-order valence-electron chi connectivity index (χ4n) is 1.82. The first kappa shape index (κ1) is 9.14. The van der Waals surface area contributed by atoms with Gasteiger partial charge in [-0.25, -0.2) is 0 Å². The molecule has 14 heavy (non-hydrogen) atoms. The van der Waals surface area contributed by atoms with Crippen molar-refractivity contribution >= 4 is 5.97 Å². The van der Waals surface area contributed by atoms with Gasteiger partial charge in [0.15, 0.2) is 0 Å². The van der Waals surface area contributed by atoms with Crippen molar-refractivity contribution < 1.29 is 9.90 Å². The molecule has 0 spiro atoms. The topological polar surface area (TPSA) is 94.0 Å². The SMILES string of the molecule is NCc1nnc2n1CCCC2C(=O)O. The largest absolute Gasteiger partial charge is 0.481 e. The molecular weight excluding hydrogens is 184 g/mol. The number of nitrogens with two attached hydrogens (primary N) is 1. The standard InChI is InChI=1S/C8H12N4O2/c9-4-6-10-11-7-5(8(13)14)2-1-3-12(6)7/h5H,1-4,9H2,(H,13,14). The van der Waals surface area contributed by atoms with E-state index in [4.69, 9.17) is 10.8 Å². The van der Waals surface area contributed by atoms with Crippen molar-refractivity contribution in [2.45, 2.75) is 31.8 Å². The van der Waals surface area contributed by atoms with E-state index in [1.807, 2.05) is 4.57 Å². The molecule has 1 aliphatic heterocycles. The first-order valence-corrected chi connectivity index (χ1v) is 4.59. The number of aromatic nitrogens is 3. The Balaban J connectivity index is 2.40. The molecular formula is C8H12N4O2. The van der Waals surface area contributed by atoms with Crippen LogP contribution in [-0.4, -0.2) is 25.8 Å². The van der Waals surface area contributed by atoms with Crippen LogP contribution in [0.3, 0.4) is 0 Å². The molecule has 2 heterocycles. The van der Waals surface area contributed by atoms with Gasteiger partial charge in [0.1, 0.15) is 17.6 Å². The summed E-state index contributed by atoms with van der Waals surface area (Å²) in [6.07, 6.45) is 1.48. The van der Waals surface area contributed by atoms with E-state index in [2.05, 4.69) is 10.2 Å². The zero-order valence-electron chi connectivity index (χ0n) is 7.68. The van der Waals surface area contributed by atoms with Crippen molar-refractivity contribution in [3.05, 3.63) is 11.6 Å². The number of carboxylic acid groups (broad SMARTS) is 1. The van der Waals surface area contributed by atoms with Crippen molar-refractivity contribution in [2.24, 2.45) is 5.73 Å². The van der Waals surface area contributed by atoms with Crippen LogP contribution in [0.4, 0.5) is 0 Å². The van der Waals surface area contributed by atoms with Crippen molar-refractivity contribution in [3.8, 4) is 0 Å². The van der Waals surface area contributed by atoms with Gasteiger partial charge in [-0.05, 0) is 12.8 Å². The van der Waals surface area contributed by atoms with Gasteiger partial charge in [-0.2, -0.15) is 0 Å². The predicted molar refractivity (Wildman–Crippen MR) is 47.5 cm³/mol. The Bertz CT molecular complexity index is 360. The summed E-state index contributed by atoms with van der Waals surface area (Å²) in [5, 5.41) is 16.7. The Morgan fingerprint density at radius 2 is 2.43 bits per heavy atom. The Labute approximate surface area is 80.7 Å². The lowest BCUT2D eigenvalue weighted by atomic mass is 9.99. The summed E-state index contributed by atoms with van der Waals surface area (Å²) in [6.45, 7) is 1.08. The maximum Gasteiger partial charge on any atom is 0.314 e. The summed E-state index contributed by atoms with van der Waals surface area (Å²) in [5.74, 6) is -0.131. The highest BCUT2D eigenvalue weighted by Crippen LogP contribution is 2.26. The molecule has 0 fully saturated rings. The summed E-state index contributed by atoms with van der Waals surface area (Å²) >= 11 is 0. The predicted octanol–water partition coefficient (Wildman–Crippen LogP) is -0.301. The molecule has 0 aliphatic carbocycles. The highest BCUT2D eigenvalue weighted by atomic mass is 16.4. The van der Waals surface area contributed by atoms with Gasteiger partial charge in [0, 0.05) is 6.54 Å². The third kappa shape index (κ3) is 1.27. The minimum atomic E-state index is -0.832. The molecule has 0 saturated carbocycles. The van der Waals surface area contributed by atoms with E-state index in [9.17, 15) is 4.79 Å². The van der Waals surface area contributed by atoms with Gasteiger partial charge in [-0.15, -0.1) is 10.2 Å². The van der Waals surface area contributed by atoms with E-state index < -0.39 is 11.9 Å². The minimum Gasteiger partial charge on any atom is -0.481 e. The molecule has 0 aromatic carbocycles. The van der Waals surface area contributed by atoms with Crippen LogP contribution in [-0.2, 0) is 17.9 Å². The molecule has 0 radical (unpaired) electrons. The van der Waals surface area contributed by atoms with Crippen LogP contribution in [0.1, 0.15) is 30.4 Å². The number of carboxylic acids is 1. The van der Waals surface area contributed by atoms with Crippen LogP contribution in [0.2, 0.25) is 0 Å². The summed E-state index contributed by atoms with van der Waals surface area (Å²) in [6, 6.07) is 0. The van der Waals surface area contributed by atoms with Gasteiger partial charge in [0.25, 0.3) is 0 Å². The zero-order chi connectivity index (χ0) is 10.1. The molecule has 0 amide bonds. The molecule has 1 atom stereocenters. The quantitative estimate of drug-likeness (QED) is 0.677. The fourth-order valence-corrected chi connectivity index (χ4v) is 1.82. The average molecular weight is 196 g/mol. The van der Waals surface area contributed by atoms with E-state index in [0.717, 1.165) is 13.0 Å². The number of rotatable bonds is 2. The average Bonchev–Trinajstić information content (AvgIpc) is 2.59. The number of hydrogen-bond donors (Lipinski definition) is 2. The van der Waals surface area contributed by atoms with Crippen LogP contribution in [0.5, 0.6) is 0 Å². The lowest BCUT2D eigenvalue weighted by molar-refractivity contribution is -0.139. The van der Waals surface area contributed by atoms with Crippen molar-refractivity contribution in [3.63, 3.8) is 0 Å². The third-order valence-corrected chi connectivity index (χ3v) is 2.52. The lowest BCUT2D eigenvalue weighted by Gasteiger charge is -2.19. The molecule has 1 aromatic rings. The summed E-state index contributed by atoms with van der Waals surface area (Å²) in [4.78, 5) is 10.9. The van der Waals surface area contributed by atoms with E-state index in [1.54, 1.807) is 0 Å². The fraction of sp³-hybridized carbons (Fsp3) is 0.625. The van der Waals surface area contributed by atoms with Crippen LogP contribution in [0.25, 0.3) is 0 Å². The molecule has 6 heteroatoms. The maximum absolute atomic E-state index is 10.9. The molecule has 1 aromatic heterocycles. The monoisotopic (exact) mass is 196 g/mol. The zero-order valence-corrected chi connectivity index (χ0v) is 7.68. The van der Waals surface area contributed by atoms with Gasteiger partial charge < -0.3 is 15.4 Å². The van der Waals surface area contributed by atoms with E-state index in [1.165, 1.54) is 0 Å². The highest BCUT2D eigenvalue weighted by Gasteiger charge is 2.29. The molecule has 1 unspecified atom stereocenters. The second kappa shape index (κ2) is 3.38. The lowest BCUT2D eigenvalue weighted by Crippen LogP contribution is -2.23. The number of carbonyl (C=O) groups is 1. The second-order valence-electron chi connectivity index (χ2n) is 3.36. The molecule has 0 bridgehead atoms. The Morgan fingerprint density at radius 1 is 1.64 bits per heavy atom. The summed E-state index contributed by atoms with van der Waals surface area (Å²) in [5.41, 5.74) is 5.47. The van der Waals surface area contributed by atoms with Gasteiger partial charge in [0.2, 0.25) is 0 Å². The number of hydrogen-bond acceptors (Lipinski definition) is 4. The van der Waals surface area contributed by atoms with Crippen molar-refractivity contribution in [2.75, 3.05) is 0 Å². The Morgan fingerprint density at radius 3 is 3.07 bits per heavy atom. The van der Waals surface area contributed by atoms with Crippen LogP contribution < -0.4 is 5.73 Å². The number of aliphatic carboxylic acids is 1. The number of fused-ring (bicyclic) bond motifs is 1. The minimum absolute atomic E-state index is 0.305. The Kier molecular flexibility index (Phi) is 2.20. The maximum atomic E-state index is 10.9. The van der Waals surface area contributed by atoms with Crippen LogP contribution >= 0.6 is 0 Å². The molecule has 3 N–H and O–H groups in total. The molecule has 1 aliphatic rings. The summed E-state index contributed by atoms with van der Waals surface area (Å²) in [7, 11) is 0. The van der Waals surface area contributed by atoms with E-state index in [0.29, 0.717) is 24.6 Å². The normalized spacial score (nSPS) is 20.5. The van der Waals surface area contributed by atoms with E-state index in [-0.39, 0.29) is 0 Å². The number of nitrogens with zero attached hydrogens (tertiary/aromatic N) is 3. The molecule has 2 rings (SSSR count). The molecule has 6 nitrogen and oxygen atoms in total.